The number of hydrogen-bond donors (Lipinski definition) is 3. The average Bonchev–Trinajstić information content (AvgIpc) is 2.34. The van der Waals surface area contributed by atoms with Crippen LogP contribution < -0.4 is 5.32 Å². The molecular weight excluding hydrogens is 250 g/mol. The number of ether oxygens (including phenoxy) is 1. The van der Waals surface area contributed by atoms with Gasteiger partial charge in [-0.15, -0.1) is 0 Å². The smallest absolute Gasteiger partial charge is 0.328 e. The van der Waals surface area contributed by atoms with E-state index in [1.165, 1.54) is 6.42 Å². The van der Waals surface area contributed by atoms with Crippen LogP contribution in [0.3, 0.4) is 0 Å². The van der Waals surface area contributed by atoms with Crippen molar-refractivity contribution in [2.75, 3.05) is 13.2 Å². The molecule has 1 aliphatic carbocycles. The van der Waals surface area contributed by atoms with Crippen molar-refractivity contribution in [2.24, 2.45) is 0 Å². The van der Waals surface area contributed by atoms with Gasteiger partial charge in [0.05, 0.1) is 12.7 Å². The fourth-order valence-corrected chi connectivity index (χ4v) is 1.87. The molecule has 6 nitrogen and oxygen atoms in total. The van der Waals surface area contributed by atoms with Crippen molar-refractivity contribution in [3.63, 3.8) is 0 Å². The minimum absolute atomic E-state index is 0.0940. The number of carbonyl (C=O) groups is 2. The van der Waals surface area contributed by atoms with E-state index >= 15 is 0 Å². The summed E-state index contributed by atoms with van der Waals surface area (Å²) in [5.41, 5.74) is 0. The topological polar surface area (TPSA) is 95.9 Å². The van der Waals surface area contributed by atoms with E-state index in [4.69, 9.17) is 14.9 Å². The number of allylic oxidation sites excluding steroid dienone is 1. The minimum Gasteiger partial charge on any atom is -0.480 e. The van der Waals surface area contributed by atoms with Gasteiger partial charge in [-0.1, -0.05) is 25.0 Å². The molecule has 1 unspecified atom stereocenters. The Morgan fingerprint density at radius 1 is 1.37 bits per heavy atom. The molecule has 1 aliphatic rings. The van der Waals surface area contributed by atoms with Gasteiger partial charge < -0.3 is 20.3 Å². The summed E-state index contributed by atoms with van der Waals surface area (Å²) in [5.74, 6) is -1.79. The minimum atomic E-state index is -1.27. The van der Waals surface area contributed by atoms with Crippen LogP contribution in [0.4, 0.5) is 0 Å². The summed E-state index contributed by atoms with van der Waals surface area (Å²) in [6.45, 7) is -0.830. The summed E-state index contributed by atoms with van der Waals surface area (Å²) in [5, 5.41) is 19.7. The molecule has 0 aromatic rings. The standard InChI is InChI=1S/C13H21NO5/c15-8-11(13(17)18)14-12(16)9-19-10-6-4-2-1-3-5-7-10/h4,6,10-11,15H,1-3,5,7-9H2,(H,14,16)(H,17,18)/b6-4-/t10?,11-/m0/s1. The van der Waals surface area contributed by atoms with Gasteiger partial charge >= 0.3 is 5.97 Å². The number of aliphatic hydroxyl groups is 1. The second kappa shape index (κ2) is 8.66. The zero-order valence-electron chi connectivity index (χ0n) is 10.9. The SMILES string of the molecule is O=C(COC1/C=C\CCCCC1)N[C@@H](CO)C(=O)O. The molecule has 1 rings (SSSR count). The quantitative estimate of drug-likeness (QED) is 0.610. The van der Waals surface area contributed by atoms with Crippen molar-refractivity contribution < 1.29 is 24.5 Å². The van der Waals surface area contributed by atoms with Crippen LogP contribution in [-0.2, 0) is 14.3 Å². The first-order valence-corrected chi connectivity index (χ1v) is 6.54. The van der Waals surface area contributed by atoms with Gasteiger partial charge in [0.15, 0.2) is 0 Å². The normalized spacial score (nSPS) is 22.9. The Morgan fingerprint density at radius 3 is 2.84 bits per heavy atom. The molecule has 0 aliphatic heterocycles. The molecule has 0 fully saturated rings. The zero-order valence-corrected chi connectivity index (χ0v) is 10.9. The molecule has 108 valence electrons. The van der Waals surface area contributed by atoms with Crippen LogP contribution in [-0.4, -0.2) is 47.4 Å². The van der Waals surface area contributed by atoms with Crippen molar-refractivity contribution in [1.82, 2.24) is 5.32 Å². The lowest BCUT2D eigenvalue weighted by Gasteiger charge is -2.17. The van der Waals surface area contributed by atoms with Crippen molar-refractivity contribution in [3.8, 4) is 0 Å². The Hall–Kier alpha value is -1.40. The molecule has 19 heavy (non-hydrogen) atoms. The van der Waals surface area contributed by atoms with E-state index in [0.717, 1.165) is 25.7 Å². The lowest BCUT2D eigenvalue weighted by Crippen LogP contribution is -2.45. The summed E-state index contributed by atoms with van der Waals surface area (Å²) in [6, 6.07) is -1.27. The Labute approximate surface area is 112 Å². The molecule has 0 spiro atoms. The molecule has 0 aromatic heterocycles. The van der Waals surface area contributed by atoms with E-state index < -0.39 is 24.5 Å². The summed E-state index contributed by atoms with van der Waals surface area (Å²) in [4.78, 5) is 22.1. The number of carboxylic acids is 1. The molecular formula is C13H21NO5. The maximum Gasteiger partial charge on any atom is 0.328 e. The van der Waals surface area contributed by atoms with Gasteiger partial charge in [0, 0.05) is 0 Å². The summed E-state index contributed by atoms with van der Waals surface area (Å²) in [6.07, 6.45) is 9.20. The molecule has 0 heterocycles. The van der Waals surface area contributed by atoms with E-state index in [9.17, 15) is 9.59 Å². The highest BCUT2D eigenvalue weighted by atomic mass is 16.5. The Bertz CT molecular complexity index is 329. The van der Waals surface area contributed by atoms with Gasteiger partial charge in [-0.2, -0.15) is 0 Å². The van der Waals surface area contributed by atoms with Crippen LogP contribution in [0.25, 0.3) is 0 Å². The number of hydrogen-bond acceptors (Lipinski definition) is 4. The third kappa shape index (κ3) is 6.35. The summed E-state index contributed by atoms with van der Waals surface area (Å²) in [7, 11) is 0. The third-order valence-electron chi connectivity index (χ3n) is 2.95. The van der Waals surface area contributed by atoms with Crippen molar-refractivity contribution in [3.05, 3.63) is 12.2 Å². The fourth-order valence-electron chi connectivity index (χ4n) is 1.87. The first-order valence-electron chi connectivity index (χ1n) is 6.54. The van der Waals surface area contributed by atoms with Crippen LogP contribution in [0.5, 0.6) is 0 Å². The van der Waals surface area contributed by atoms with Crippen LogP contribution in [0, 0.1) is 0 Å². The fraction of sp³-hybridized carbons (Fsp3) is 0.692. The molecule has 0 saturated heterocycles. The van der Waals surface area contributed by atoms with Crippen molar-refractivity contribution in [2.45, 2.75) is 44.2 Å². The molecule has 0 bridgehead atoms. The first-order chi connectivity index (χ1) is 9.13. The molecule has 6 heteroatoms. The molecule has 0 saturated carbocycles. The second-order valence-corrected chi connectivity index (χ2v) is 4.56. The van der Waals surface area contributed by atoms with Crippen LogP contribution in [0.1, 0.15) is 32.1 Å². The zero-order chi connectivity index (χ0) is 14.1. The number of carboxylic acid groups (broad SMARTS) is 1. The summed E-state index contributed by atoms with van der Waals surface area (Å²) >= 11 is 0. The number of rotatable bonds is 6. The Kier molecular flexibility index (Phi) is 7.14. The maximum absolute atomic E-state index is 11.5. The van der Waals surface area contributed by atoms with E-state index in [2.05, 4.69) is 11.4 Å². The van der Waals surface area contributed by atoms with Gasteiger partial charge in [0.1, 0.15) is 12.6 Å². The monoisotopic (exact) mass is 271 g/mol. The van der Waals surface area contributed by atoms with Gasteiger partial charge in [-0.3, -0.25) is 4.79 Å². The number of carbonyl (C=O) groups excluding carboxylic acids is 1. The average molecular weight is 271 g/mol. The van der Waals surface area contributed by atoms with Gasteiger partial charge in [0.25, 0.3) is 0 Å². The number of aliphatic hydroxyl groups excluding tert-OH is 1. The maximum atomic E-state index is 11.5. The van der Waals surface area contributed by atoms with Gasteiger partial charge in [-0.25, -0.2) is 4.79 Å². The molecule has 1 amide bonds. The largest absolute Gasteiger partial charge is 0.480 e. The molecule has 0 radical (unpaired) electrons. The van der Waals surface area contributed by atoms with Crippen molar-refractivity contribution in [1.29, 1.82) is 0 Å². The van der Waals surface area contributed by atoms with Crippen LogP contribution in [0.2, 0.25) is 0 Å². The Balaban J connectivity index is 2.32. The van der Waals surface area contributed by atoms with Crippen LogP contribution in [0.15, 0.2) is 12.2 Å². The molecule has 2 atom stereocenters. The van der Waals surface area contributed by atoms with Gasteiger partial charge in [0.2, 0.25) is 5.91 Å². The van der Waals surface area contributed by atoms with Crippen molar-refractivity contribution >= 4 is 11.9 Å². The van der Waals surface area contributed by atoms with E-state index in [1.807, 2.05) is 6.08 Å². The van der Waals surface area contributed by atoms with E-state index in [1.54, 1.807) is 0 Å². The highest BCUT2D eigenvalue weighted by molar-refractivity contribution is 5.84. The number of amides is 1. The predicted molar refractivity (Wildman–Crippen MR) is 68.6 cm³/mol. The number of aliphatic carboxylic acids is 1. The van der Waals surface area contributed by atoms with Crippen LogP contribution >= 0.6 is 0 Å². The number of nitrogens with one attached hydrogen (secondary N) is 1. The second-order valence-electron chi connectivity index (χ2n) is 4.56. The first kappa shape index (κ1) is 15.7. The molecule has 0 aromatic carbocycles. The summed E-state index contributed by atoms with van der Waals surface area (Å²) < 4.78 is 5.43. The van der Waals surface area contributed by atoms with Gasteiger partial charge in [-0.05, 0) is 19.3 Å². The third-order valence-corrected chi connectivity index (χ3v) is 2.95. The Morgan fingerprint density at radius 2 is 2.16 bits per heavy atom. The van der Waals surface area contributed by atoms with E-state index in [-0.39, 0.29) is 12.7 Å². The highest BCUT2D eigenvalue weighted by Crippen LogP contribution is 2.13. The lowest BCUT2D eigenvalue weighted by atomic mass is 10.0. The van der Waals surface area contributed by atoms with E-state index in [0.29, 0.717) is 0 Å². The highest BCUT2D eigenvalue weighted by Gasteiger charge is 2.19. The predicted octanol–water partition coefficient (Wildman–Crippen LogP) is 0.454. The lowest BCUT2D eigenvalue weighted by molar-refractivity contribution is -0.143. The molecule has 3 N–H and O–H groups in total.